The zero-order chi connectivity index (χ0) is 21.1. The molecule has 1 atom stereocenters. The Hall–Kier alpha value is -3.35. The number of amides is 1. The molecule has 7 heteroatoms. The number of benzene rings is 3. The molecule has 1 unspecified atom stereocenters. The van der Waals surface area contributed by atoms with Crippen molar-refractivity contribution >= 4 is 50.9 Å². The van der Waals surface area contributed by atoms with Gasteiger partial charge in [-0.25, -0.2) is 9.78 Å². The molecule has 0 bridgehead atoms. The number of aromatic nitrogens is 1. The van der Waals surface area contributed by atoms with Crippen LogP contribution >= 0.6 is 11.6 Å². The maximum atomic E-state index is 11.7. The van der Waals surface area contributed by atoms with E-state index in [0.29, 0.717) is 16.3 Å². The highest BCUT2D eigenvalue weighted by Crippen LogP contribution is 2.34. The van der Waals surface area contributed by atoms with Gasteiger partial charge in [-0.1, -0.05) is 41.9 Å². The molecule has 4 rings (SSSR count). The van der Waals surface area contributed by atoms with E-state index in [2.05, 4.69) is 15.6 Å². The van der Waals surface area contributed by atoms with Gasteiger partial charge in [0, 0.05) is 27.0 Å². The number of hydrogen-bond donors (Lipinski definition) is 3. The number of para-hydroxylation sites is 1. The molecule has 6 nitrogen and oxygen atoms in total. The lowest BCUT2D eigenvalue weighted by Gasteiger charge is -2.19. The predicted octanol–water partition coefficient (Wildman–Crippen LogP) is 5.71. The fraction of sp³-hybridized carbons (Fsp3) is 0.130. The lowest BCUT2D eigenvalue weighted by Crippen LogP contribution is -2.14. The number of nitrogens with one attached hydrogen (secondary N) is 2. The molecule has 0 saturated heterocycles. The highest BCUT2D eigenvalue weighted by molar-refractivity contribution is 6.31. The van der Waals surface area contributed by atoms with Crippen LogP contribution in [0, 0.1) is 0 Å². The van der Waals surface area contributed by atoms with Crippen molar-refractivity contribution < 1.29 is 14.6 Å². The summed E-state index contributed by atoms with van der Waals surface area (Å²) in [6.45, 7) is 2.02. The van der Waals surface area contributed by atoms with Gasteiger partial charge in [0.25, 0.3) is 0 Å². The van der Waals surface area contributed by atoms with Gasteiger partial charge in [0.15, 0.2) is 6.23 Å². The van der Waals surface area contributed by atoms with Crippen LogP contribution in [0.1, 0.15) is 18.7 Å². The number of anilines is 2. The van der Waals surface area contributed by atoms with Crippen LogP contribution in [0.2, 0.25) is 5.02 Å². The van der Waals surface area contributed by atoms with E-state index in [4.69, 9.17) is 16.3 Å². The minimum Gasteiger partial charge on any atom is -0.450 e. The molecule has 0 fully saturated rings. The van der Waals surface area contributed by atoms with Crippen LogP contribution in [0.15, 0.2) is 66.7 Å². The summed E-state index contributed by atoms with van der Waals surface area (Å²) >= 11 is 6.15. The SMILES string of the molecule is CCOC(=O)Nc1cccc(C(O)Nc2c3ccccc3nc3cc(Cl)ccc23)c1. The Balaban J connectivity index is 1.71. The average molecular weight is 422 g/mol. The van der Waals surface area contributed by atoms with E-state index in [0.717, 1.165) is 27.5 Å². The van der Waals surface area contributed by atoms with Crippen molar-refractivity contribution in [2.24, 2.45) is 0 Å². The number of carbonyl (C=O) groups is 1. The van der Waals surface area contributed by atoms with E-state index in [1.807, 2.05) is 30.3 Å². The van der Waals surface area contributed by atoms with Gasteiger partial charge in [-0.05, 0) is 43.3 Å². The molecular weight excluding hydrogens is 402 g/mol. The minimum atomic E-state index is -1.02. The third-order valence-corrected chi connectivity index (χ3v) is 4.88. The number of rotatable bonds is 5. The second-order valence-electron chi connectivity index (χ2n) is 6.68. The molecule has 0 spiro atoms. The number of hydrogen-bond acceptors (Lipinski definition) is 5. The third kappa shape index (κ3) is 4.15. The van der Waals surface area contributed by atoms with Crippen LogP contribution in [0.5, 0.6) is 0 Å². The fourth-order valence-electron chi connectivity index (χ4n) is 3.31. The number of aliphatic hydroxyl groups is 1. The van der Waals surface area contributed by atoms with E-state index >= 15 is 0 Å². The number of halogens is 1. The van der Waals surface area contributed by atoms with Crippen molar-refractivity contribution in [2.45, 2.75) is 13.2 Å². The number of fused-ring (bicyclic) bond motifs is 2. The maximum Gasteiger partial charge on any atom is 0.411 e. The Morgan fingerprint density at radius 1 is 1.07 bits per heavy atom. The highest BCUT2D eigenvalue weighted by Gasteiger charge is 2.15. The molecule has 0 radical (unpaired) electrons. The van der Waals surface area contributed by atoms with Crippen molar-refractivity contribution in [3.8, 4) is 0 Å². The molecule has 1 amide bonds. The van der Waals surface area contributed by atoms with Crippen LogP contribution in [0.4, 0.5) is 16.2 Å². The van der Waals surface area contributed by atoms with Gasteiger partial charge in [0.2, 0.25) is 0 Å². The van der Waals surface area contributed by atoms with Crippen molar-refractivity contribution in [2.75, 3.05) is 17.2 Å². The number of nitrogens with zero attached hydrogens (tertiary/aromatic N) is 1. The first-order valence-corrected chi connectivity index (χ1v) is 9.89. The molecule has 0 aliphatic heterocycles. The largest absolute Gasteiger partial charge is 0.450 e. The van der Waals surface area contributed by atoms with E-state index in [-0.39, 0.29) is 6.61 Å². The molecule has 0 aliphatic carbocycles. The first-order valence-electron chi connectivity index (χ1n) is 9.51. The first kappa shape index (κ1) is 19.9. The first-order chi connectivity index (χ1) is 14.5. The minimum absolute atomic E-state index is 0.280. The van der Waals surface area contributed by atoms with Crippen molar-refractivity contribution in [1.29, 1.82) is 0 Å². The molecule has 0 saturated carbocycles. The Bertz CT molecular complexity index is 1230. The zero-order valence-electron chi connectivity index (χ0n) is 16.2. The van der Waals surface area contributed by atoms with Gasteiger partial charge < -0.3 is 15.2 Å². The topological polar surface area (TPSA) is 83.5 Å². The summed E-state index contributed by atoms with van der Waals surface area (Å²) in [5, 5.41) is 19.1. The van der Waals surface area contributed by atoms with Crippen LogP contribution in [0.25, 0.3) is 21.8 Å². The maximum absolute atomic E-state index is 11.7. The van der Waals surface area contributed by atoms with Crippen LogP contribution in [-0.4, -0.2) is 22.8 Å². The van der Waals surface area contributed by atoms with Crippen molar-refractivity contribution in [1.82, 2.24) is 4.98 Å². The zero-order valence-corrected chi connectivity index (χ0v) is 17.0. The molecule has 0 aliphatic rings. The Morgan fingerprint density at radius 3 is 2.70 bits per heavy atom. The van der Waals surface area contributed by atoms with E-state index in [9.17, 15) is 9.90 Å². The normalized spacial score (nSPS) is 12.0. The van der Waals surface area contributed by atoms with E-state index < -0.39 is 12.3 Å². The summed E-state index contributed by atoms with van der Waals surface area (Å²) < 4.78 is 4.90. The molecule has 30 heavy (non-hydrogen) atoms. The molecule has 1 aromatic heterocycles. The molecule has 1 heterocycles. The quantitative estimate of drug-likeness (QED) is 0.284. The second-order valence-corrected chi connectivity index (χ2v) is 7.12. The standard InChI is InChI=1S/C23H20ClN3O3/c1-2-30-23(29)25-16-7-5-6-14(12-16)22(28)27-21-17-8-3-4-9-19(17)26-20-13-15(24)10-11-18(20)21/h3-13,22,28H,2H2,1H3,(H,25,29)(H,26,27). The third-order valence-electron chi connectivity index (χ3n) is 4.65. The van der Waals surface area contributed by atoms with Gasteiger partial charge in [0.05, 0.1) is 23.3 Å². The average Bonchev–Trinajstić information content (AvgIpc) is 2.73. The summed E-state index contributed by atoms with van der Waals surface area (Å²) in [6, 6.07) is 20.1. The molecule has 3 N–H and O–H groups in total. The number of pyridine rings is 1. The lowest BCUT2D eigenvalue weighted by atomic mass is 10.1. The summed E-state index contributed by atoms with van der Waals surface area (Å²) in [5.74, 6) is 0. The van der Waals surface area contributed by atoms with E-state index in [1.165, 1.54) is 0 Å². The Morgan fingerprint density at radius 2 is 1.87 bits per heavy atom. The predicted molar refractivity (Wildman–Crippen MR) is 120 cm³/mol. The summed E-state index contributed by atoms with van der Waals surface area (Å²) in [7, 11) is 0. The van der Waals surface area contributed by atoms with Gasteiger partial charge in [0.1, 0.15) is 0 Å². The van der Waals surface area contributed by atoms with Gasteiger partial charge >= 0.3 is 6.09 Å². The van der Waals surface area contributed by atoms with E-state index in [1.54, 1.807) is 43.3 Å². The number of ether oxygens (including phenoxy) is 1. The van der Waals surface area contributed by atoms with Crippen molar-refractivity contribution in [3.63, 3.8) is 0 Å². The Kier molecular flexibility index (Phi) is 5.70. The second kappa shape index (κ2) is 8.57. The molecular formula is C23H20ClN3O3. The van der Waals surface area contributed by atoms with Crippen LogP contribution < -0.4 is 10.6 Å². The smallest absolute Gasteiger partial charge is 0.411 e. The van der Waals surface area contributed by atoms with Gasteiger partial charge in [-0.3, -0.25) is 5.32 Å². The fourth-order valence-corrected chi connectivity index (χ4v) is 3.48. The monoisotopic (exact) mass is 421 g/mol. The summed E-state index contributed by atoms with van der Waals surface area (Å²) in [5.41, 5.74) is 3.40. The highest BCUT2D eigenvalue weighted by atomic mass is 35.5. The van der Waals surface area contributed by atoms with Crippen molar-refractivity contribution in [3.05, 3.63) is 77.3 Å². The molecule has 3 aromatic carbocycles. The van der Waals surface area contributed by atoms with Gasteiger partial charge in [-0.2, -0.15) is 0 Å². The lowest BCUT2D eigenvalue weighted by molar-refractivity contribution is 0.168. The van der Waals surface area contributed by atoms with Crippen LogP contribution in [0.3, 0.4) is 0 Å². The van der Waals surface area contributed by atoms with Crippen LogP contribution in [-0.2, 0) is 4.74 Å². The molecule has 152 valence electrons. The Labute approximate surface area is 178 Å². The number of aliphatic hydroxyl groups excluding tert-OH is 1. The summed E-state index contributed by atoms with van der Waals surface area (Å²) in [4.78, 5) is 16.4. The summed E-state index contributed by atoms with van der Waals surface area (Å²) in [6.07, 6.45) is -1.56. The van der Waals surface area contributed by atoms with Gasteiger partial charge in [-0.15, -0.1) is 0 Å². The number of carbonyl (C=O) groups excluding carboxylic acids is 1. The molecule has 4 aromatic rings.